The molecule has 0 aromatic carbocycles. The first-order valence-corrected chi connectivity index (χ1v) is 7.04. The van der Waals surface area contributed by atoms with Crippen LogP contribution in [0.2, 0.25) is 0 Å². The molecule has 1 amide bonds. The van der Waals surface area contributed by atoms with Crippen LogP contribution in [-0.2, 0) is 17.5 Å². The van der Waals surface area contributed by atoms with E-state index in [1.165, 1.54) is 21.3 Å². The molecular formula is C14H13F3N6O. The number of carbonyl (C=O) groups excluding carboxylic acids is 1. The number of halogens is 3. The molecule has 10 heteroatoms. The molecule has 0 bridgehead atoms. The first-order valence-electron chi connectivity index (χ1n) is 7.04. The third-order valence-corrected chi connectivity index (χ3v) is 3.53. The van der Waals surface area contributed by atoms with Crippen LogP contribution in [-0.4, -0.2) is 30.3 Å². The highest BCUT2D eigenvalue weighted by molar-refractivity contribution is 5.79. The molecule has 0 fully saturated rings. The molecule has 3 aromatic rings. The summed E-state index contributed by atoms with van der Waals surface area (Å²) in [7, 11) is 0. The maximum atomic E-state index is 12.9. The smallest absolute Gasteiger partial charge is 0.347 e. The standard InChI is InChI=1S/C14H13F3N6O/c1-9(23-7-3-5-19-23)13(24)18-8-11-20-21-12-10(14(15,16)17)4-2-6-22(11)12/h2-7,9H,8H2,1H3,(H,18,24)/t9-/m1/s1. The van der Waals surface area contributed by atoms with Crippen molar-refractivity contribution in [3.05, 3.63) is 48.2 Å². The van der Waals surface area contributed by atoms with Crippen LogP contribution < -0.4 is 5.32 Å². The molecule has 3 aromatic heterocycles. The third-order valence-electron chi connectivity index (χ3n) is 3.53. The minimum atomic E-state index is -4.52. The van der Waals surface area contributed by atoms with E-state index in [1.807, 2.05) is 0 Å². The van der Waals surface area contributed by atoms with Gasteiger partial charge in [0.05, 0.1) is 6.54 Å². The molecule has 0 radical (unpaired) electrons. The van der Waals surface area contributed by atoms with E-state index in [-0.39, 0.29) is 23.9 Å². The summed E-state index contributed by atoms with van der Waals surface area (Å²) in [5.41, 5.74) is -1.17. The maximum absolute atomic E-state index is 12.9. The quantitative estimate of drug-likeness (QED) is 0.787. The van der Waals surface area contributed by atoms with Crippen molar-refractivity contribution in [1.82, 2.24) is 29.7 Å². The highest BCUT2D eigenvalue weighted by Crippen LogP contribution is 2.31. The van der Waals surface area contributed by atoms with Crippen LogP contribution in [0, 0.1) is 0 Å². The van der Waals surface area contributed by atoms with Gasteiger partial charge in [-0.05, 0) is 25.1 Å². The zero-order valence-corrected chi connectivity index (χ0v) is 12.5. The number of carbonyl (C=O) groups is 1. The van der Waals surface area contributed by atoms with E-state index in [9.17, 15) is 18.0 Å². The Morgan fingerprint density at radius 1 is 1.29 bits per heavy atom. The highest BCUT2D eigenvalue weighted by atomic mass is 19.4. The zero-order chi connectivity index (χ0) is 17.3. The molecule has 24 heavy (non-hydrogen) atoms. The minimum absolute atomic E-state index is 0.0487. The van der Waals surface area contributed by atoms with Crippen molar-refractivity contribution in [1.29, 1.82) is 0 Å². The van der Waals surface area contributed by atoms with Gasteiger partial charge in [0.25, 0.3) is 0 Å². The Morgan fingerprint density at radius 2 is 2.08 bits per heavy atom. The van der Waals surface area contributed by atoms with Crippen LogP contribution >= 0.6 is 0 Å². The molecule has 0 spiro atoms. The van der Waals surface area contributed by atoms with Crippen molar-refractivity contribution in [2.45, 2.75) is 25.7 Å². The average molecular weight is 338 g/mol. The van der Waals surface area contributed by atoms with Gasteiger partial charge < -0.3 is 5.32 Å². The van der Waals surface area contributed by atoms with Gasteiger partial charge >= 0.3 is 6.18 Å². The van der Waals surface area contributed by atoms with Gasteiger partial charge in [0.2, 0.25) is 5.91 Å². The van der Waals surface area contributed by atoms with E-state index in [2.05, 4.69) is 20.6 Å². The first kappa shape index (κ1) is 16.0. The largest absolute Gasteiger partial charge is 0.420 e. The second-order valence-electron chi connectivity index (χ2n) is 5.11. The molecular weight excluding hydrogens is 325 g/mol. The molecule has 3 rings (SSSR count). The summed E-state index contributed by atoms with van der Waals surface area (Å²) in [6.45, 7) is 1.61. The normalized spacial score (nSPS) is 13.2. The number of amides is 1. The number of rotatable bonds is 4. The van der Waals surface area contributed by atoms with E-state index < -0.39 is 17.8 Å². The topological polar surface area (TPSA) is 77.1 Å². The predicted octanol–water partition coefficient (Wildman–Crippen LogP) is 1.82. The fourth-order valence-electron chi connectivity index (χ4n) is 2.25. The van der Waals surface area contributed by atoms with Gasteiger partial charge in [-0.1, -0.05) is 0 Å². The fraction of sp³-hybridized carbons (Fsp3) is 0.286. The van der Waals surface area contributed by atoms with Crippen LogP contribution in [0.5, 0.6) is 0 Å². The monoisotopic (exact) mass is 338 g/mol. The van der Waals surface area contributed by atoms with Gasteiger partial charge in [0.15, 0.2) is 11.5 Å². The molecule has 0 saturated heterocycles. The summed E-state index contributed by atoms with van der Waals surface area (Å²) in [5.74, 6) is -0.125. The molecule has 3 heterocycles. The second-order valence-corrected chi connectivity index (χ2v) is 5.11. The number of nitrogens with one attached hydrogen (secondary N) is 1. The Labute approximate surface area is 134 Å². The van der Waals surface area contributed by atoms with Crippen LogP contribution in [0.3, 0.4) is 0 Å². The molecule has 0 saturated carbocycles. The van der Waals surface area contributed by atoms with Crippen LogP contribution in [0.25, 0.3) is 5.65 Å². The summed E-state index contributed by atoms with van der Waals surface area (Å²) >= 11 is 0. The van der Waals surface area contributed by atoms with E-state index >= 15 is 0 Å². The highest BCUT2D eigenvalue weighted by Gasteiger charge is 2.34. The van der Waals surface area contributed by atoms with Gasteiger partial charge in [-0.2, -0.15) is 18.3 Å². The molecule has 1 N–H and O–H groups in total. The minimum Gasteiger partial charge on any atom is -0.347 e. The van der Waals surface area contributed by atoms with Crippen LogP contribution in [0.4, 0.5) is 13.2 Å². The van der Waals surface area contributed by atoms with Crippen LogP contribution in [0.15, 0.2) is 36.8 Å². The van der Waals surface area contributed by atoms with Gasteiger partial charge in [-0.3, -0.25) is 13.9 Å². The lowest BCUT2D eigenvalue weighted by atomic mass is 10.2. The van der Waals surface area contributed by atoms with Crippen molar-refractivity contribution in [2.24, 2.45) is 0 Å². The predicted molar refractivity (Wildman–Crippen MR) is 76.8 cm³/mol. The molecule has 0 aliphatic rings. The Bertz CT molecular complexity index is 855. The summed E-state index contributed by atoms with van der Waals surface area (Å²) in [5, 5.41) is 13.9. The van der Waals surface area contributed by atoms with Crippen molar-refractivity contribution >= 4 is 11.6 Å². The van der Waals surface area contributed by atoms with E-state index in [0.29, 0.717) is 0 Å². The lowest BCUT2D eigenvalue weighted by Gasteiger charge is -2.12. The summed E-state index contributed by atoms with van der Waals surface area (Å²) in [4.78, 5) is 12.1. The van der Waals surface area contributed by atoms with Gasteiger partial charge in [-0.15, -0.1) is 10.2 Å². The number of alkyl halides is 3. The summed E-state index contributed by atoms with van der Waals surface area (Å²) in [6, 6.07) is 3.34. The Kier molecular flexibility index (Phi) is 3.96. The number of hydrogen-bond acceptors (Lipinski definition) is 4. The Balaban J connectivity index is 1.78. The number of nitrogens with zero attached hydrogens (tertiary/aromatic N) is 5. The first-order chi connectivity index (χ1) is 11.4. The number of pyridine rings is 1. The average Bonchev–Trinajstić information content (AvgIpc) is 3.20. The summed E-state index contributed by atoms with van der Waals surface area (Å²) in [6.07, 6.45) is 0.0917. The van der Waals surface area contributed by atoms with Gasteiger partial charge in [0, 0.05) is 18.6 Å². The zero-order valence-electron chi connectivity index (χ0n) is 12.5. The van der Waals surface area contributed by atoms with E-state index in [0.717, 1.165) is 6.07 Å². The van der Waals surface area contributed by atoms with Crippen molar-refractivity contribution in [3.8, 4) is 0 Å². The Morgan fingerprint density at radius 3 is 2.75 bits per heavy atom. The van der Waals surface area contributed by atoms with E-state index in [1.54, 1.807) is 25.4 Å². The van der Waals surface area contributed by atoms with Crippen LogP contribution in [0.1, 0.15) is 24.4 Å². The maximum Gasteiger partial charge on any atom is 0.420 e. The van der Waals surface area contributed by atoms with E-state index in [4.69, 9.17) is 0 Å². The molecule has 0 unspecified atom stereocenters. The summed E-state index contributed by atoms with van der Waals surface area (Å²) < 4.78 is 41.5. The number of hydrogen-bond donors (Lipinski definition) is 1. The van der Waals surface area contributed by atoms with Crippen molar-refractivity contribution in [2.75, 3.05) is 0 Å². The number of fused-ring (bicyclic) bond motifs is 1. The van der Waals surface area contributed by atoms with Crippen molar-refractivity contribution < 1.29 is 18.0 Å². The second kappa shape index (κ2) is 5.95. The SMILES string of the molecule is C[C@H](C(=O)NCc1nnc2c(C(F)(F)F)cccn12)n1cccn1. The third kappa shape index (κ3) is 2.94. The lowest BCUT2D eigenvalue weighted by molar-refractivity contribution is -0.136. The fourth-order valence-corrected chi connectivity index (χ4v) is 2.25. The molecule has 0 aliphatic heterocycles. The molecule has 126 valence electrons. The Hall–Kier alpha value is -2.91. The van der Waals surface area contributed by atoms with Crippen molar-refractivity contribution in [3.63, 3.8) is 0 Å². The lowest BCUT2D eigenvalue weighted by Crippen LogP contribution is -2.31. The van der Waals surface area contributed by atoms with Gasteiger partial charge in [0.1, 0.15) is 11.6 Å². The van der Waals surface area contributed by atoms with Gasteiger partial charge in [-0.25, -0.2) is 0 Å². The number of aromatic nitrogens is 5. The molecule has 7 nitrogen and oxygen atoms in total. The molecule has 1 atom stereocenters. The molecule has 0 aliphatic carbocycles.